The molecule has 0 amide bonds. The van der Waals surface area contributed by atoms with Gasteiger partial charge in [0.05, 0.1) is 23.5 Å². The lowest BCUT2D eigenvalue weighted by Gasteiger charge is -2.15. The van der Waals surface area contributed by atoms with Gasteiger partial charge in [-0.05, 0) is 29.2 Å². The summed E-state index contributed by atoms with van der Waals surface area (Å²) in [6.45, 7) is 6.46. The molecule has 1 aromatic heterocycles. The predicted molar refractivity (Wildman–Crippen MR) is 67.0 cm³/mol. The van der Waals surface area contributed by atoms with Crippen molar-refractivity contribution in [2.45, 2.75) is 26.2 Å². The van der Waals surface area contributed by atoms with Crippen molar-refractivity contribution < 1.29 is 0 Å². The van der Waals surface area contributed by atoms with Crippen LogP contribution < -0.4 is 0 Å². The fourth-order valence-corrected chi connectivity index (χ4v) is 1.57. The van der Waals surface area contributed by atoms with Gasteiger partial charge in [-0.3, -0.25) is 0 Å². The Morgan fingerprint density at radius 2 is 2.06 bits per heavy atom. The minimum absolute atomic E-state index is 0.0884. The standard InChI is InChI=1S/C14H15N3/c1-14(2,3)12-9-16-17(10-12)13-6-4-5-11(7-13)8-15/h4-7,9-10H,1-3H3. The molecule has 3 heteroatoms. The van der Waals surface area contributed by atoms with Crippen molar-refractivity contribution in [2.24, 2.45) is 0 Å². The molecule has 2 aromatic rings. The summed E-state index contributed by atoms with van der Waals surface area (Å²) < 4.78 is 1.81. The predicted octanol–water partition coefficient (Wildman–Crippen LogP) is 3.04. The number of hydrogen-bond acceptors (Lipinski definition) is 2. The molecular weight excluding hydrogens is 210 g/mol. The van der Waals surface area contributed by atoms with Crippen LogP contribution in [0.4, 0.5) is 0 Å². The van der Waals surface area contributed by atoms with Crippen molar-refractivity contribution in [1.82, 2.24) is 9.78 Å². The highest BCUT2D eigenvalue weighted by Gasteiger charge is 2.15. The van der Waals surface area contributed by atoms with E-state index in [1.165, 1.54) is 5.56 Å². The molecule has 0 aliphatic carbocycles. The van der Waals surface area contributed by atoms with Crippen molar-refractivity contribution in [3.05, 3.63) is 47.8 Å². The number of nitriles is 1. The third kappa shape index (κ3) is 2.36. The molecule has 0 bridgehead atoms. The van der Waals surface area contributed by atoms with E-state index in [0.717, 1.165) is 5.69 Å². The molecule has 0 N–H and O–H groups in total. The summed E-state index contributed by atoms with van der Waals surface area (Å²) in [7, 11) is 0. The van der Waals surface area contributed by atoms with Gasteiger partial charge in [0.15, 0.2) is 0 Å². The van der Waals surface area contributed by atoms with Gasteiger partial charge < -0.3 is 0 Å². The first-order chi connectivity index (χ1) is 8.00. The van der Waals surface area contributed by atoms with Gasteiger partial charge in [-0.2, -0.15) is 10.4 Å². The van der Waals surface area contributed by atoms with Crippen molar-refractivity contribution in [3.8, 4) is 11.8 Å². The van der Waals surface area contributed by atoms with Crippen LogP contribution in [0.2, 0.25) is 0 Å². The average molecular weight is 225 g/mol. The smallest absolute Gasteiger partial charge is 0.0992 e. The van der Waals surface area contributed by atoms with Crippen LogP contribution in [0.15, 0.2) is 36.7 Å². The van der Waals surface area contributed by atoms with Crippen LogP contribution >= 0.6 is 0 Å². The van der Waals surface area contributed by atoms with Gasteiger partial charge in [0.25, 0.3) is 0 Å². The molecule has 0 fully saturated rings. The molecule has 0 aliphatic heterocycles. The molecule has 1 aromatic carbocycles. The fourth-order valence-electron chi connectivity index (χ4n) is 1.57. The van der Waals surface area contributed by atoms with E-state index in [0.29, 0.717) is 5.56 Å². The van der Waals surface area contributed by atoms with Gasteiger partial charge in [-0.25, -0.2) is 4.68 Å². The van der Waals surface area contributed by atoms with Gasteiger partial charge in [-0.1, -0.05) is 26.8 Å². The first-order valence-corrected chi connectivity index (χ1v) is 5.56. The lowest BCUT2D eigenvalue weighted by Crippen LogP contribution is -2.09. The van der Waals surface area contributed by atoms with Crippen LogP contribution in [-0.2, 0) is 5.41 Å². The molecule has 2 rings (SSSR count). The number of hydrogen-bond donors (Lipinski definition) is 0. The Balaban J connectivity index is 2.41. The molecule has 0 spiro atoms. The molecular formula is C14H15N3. The summed E-state index contributed by atoms with van der Waals surface area (Å²) in [6, 6.07) is 9.57. The van der Waals surface area contributed by atoms with Crippen molar-refractivity contribution in [2.75, 3.05) is 0 Å². The molecule has 0 unspecified atom stereocenters. The second-order valence-corrected chi connectivity index (χ2v) is 5.09. The van der Waals surface area contributed by atoms with Gasteiger partial charge >= 0.3 is 0 Å². The van der Waals surface area contributed by atoms with E-state index in [-0.39, 0.29) is 5.41 Å². The maximum absolute atomic E-state index is 8.86. The minimum Gasteiger partial charge on any atom is -0.241 e. The zero-order chi connectivity index (χ0) is 12.5. The second kappa shape index (κ2) is 4.06. The van der Waals surface area contributed by atoms with E-state index in [4.69, 9.17) is 5.26 Å². The van der Waals surface area contributed by atoms with Crippen molar-refractivity contribution >= 4 is 0 Å². The Morgan fingerprint density at radius 3 is 2.65 bits per heavy atom. The first kappa shape index (κ1) is 11.4. The zero-order valence-corrected chi connectivity index (χ0v) is 10.3. The van der Waals surface area contributed by atoms with Crippen LogP contribution in [0.1, 0.15) is 31.9 Å². The minimum atomic E-state index is 0.0884. The van der Waals surface area contributed by atoms with Crippen molar-refractivity contribution in [1.29, 1.82) is 5.26 Å². The topological polar surface area (TPSA) is 41.6 Å². The lowest BCUT2D eigenvalue weighted by molar-refractivity contribution is 0.590. The van der Waals surface area contributed by atoms with E-state index in [2.05, 4.69) is 31.9 Å². The molecule has 0 radical (unpaired) electrons. The highest BCUT2D eigenvalue weighted by atomic mass is 15.3. The van der Waals surface area contributed by atoms with Crippen LogP contribution in [0.3, 0.4) is 0 Å². The highest BCUT2D eigenvalue weighted by molar-refractivity contribution is 5.41. The Morgan fingerprint density at radius 1 is 1.29 bits per heavy atom. The summed E-state index contributed by atoms with van der Waals surface area (Å²) in [5, 5.41) is 13.2. The monoisotopic (exact) mass is 225 g/mol. The summed E-state index contributed by atoms with van der Waals surface area (Å²) in [5.74, 6) is 0. The average Bonchev–Trinajstić information content (AvgIpc) is 2.78. The molecule has 86 valence electrons. The molecule has 0 aliphatic rings. The van der Waals surface area contributed by atoms with E-state index in [1.807, 2.05) is 30.6 Å². The molecule has 0 atom stereocenters. The fraction of sp³-hybridized carbons (Fsp3) is 0.286. The van der Waals surface area contributed by atoms with Crippen LogP contribution in [0.25, 0.3) is 5.69 Å². The van der Waals surface area contributed by atoms with Crippen LogP contribution in [0, 0.1) is 11.3 Å². The number of nitrogens with zero attached hydrogens (tertiary/aromatic N) is 3. The molecule has 0 saturated heterocycles. The number of benzene rings is 1. The van der Waals surface area contributed by atoms with Gasteiger partial charge in [-0.15, -0.1) is 0 Å². The van der Waals surface area contributed by atoms with Crippen LogP contribution in [0.5, 0.6) is 0 Å². The quantitative estimate of drug-likeness (QED) is 0.748. The molecule has 0 saturated carbocycles. The van der Waals surface area contributed by atoms with E-state index < -0.39 is 0 Å². The molecule has 3 nitrogen and oxygen atoms in total. The van der Waals surface area contributed by atoms with Crippen molar-refractivity contribution in [3.63, 3.8) is 0 Å². The lowest BCUT2D eigenvalue weighted by atomic mass is 9.90. The third-order valence-electron chi connectivity index (χ3n) is 2.69. The van der Waals surface area contributed by atoms with Gasteiger partial charge in [0.1, 0.15) is 0 Å². The highest BCUT2D eigenvalue weighted by Crippen LogP contribution is 2.22. The Kier molecular flexibility index (Phi) is 2.72. The largest absolute Gasteiger partial charge is 0.241 e. The molecule has 1 heterocycles. The normalized spacial score (nSPS) is 11.2. The van der Waals surface area contributed by atoms with E-state index in [9.17, 15) is 0 Å². The number of aromatic nitrogens is 2. The van der Waals surface area contributed by atoms with E-state index in [1.54, 1.807) is 10.7 Å². The van der Waals surface area contributed by atoms with Crippen LogP contribution in [-0.4, -0.2) is 9.78 Å². The number of rotatable bonds is 1. The Labute approximate surface area is 101 Å². The maximum atomic E-state index is 8.86. The first-order valence-electron chi connectivity index (χ1n) is 5.56. The van der Waals surface area contributed by atoms with Gasteiger partial charge in [0, 0.05) is 6.20 Å². The summed E-state index contributed by atoms with van der Waals surface area (Å²) in [6.07, 6.45) is 3.88. The van der Waals surface area contributed by atoms with Gasteiger partial charge in [0.2, 0.25) is 0 Å². The summed E-state index contributed by atoms with van der Waals surface area (Å²) in [5.41, 5.74) is 2.83. The summed E-state index contributed by atoms with van der Waals surface area (Å²) >= 11 is 0. The Bertz CT molecular complexity index is 568. The zero-order valence-electron chi connectivity index (χ0n) is 10.3. The van der Waals surface area contributed by atoms with E-state index >= 15 is 0 Å². The maximum Gasteiger partial charge on any atom is 0.0992 e. The SMILES string of the molecule is CC(C)(C)c1cnn(-c2cccc(C#N)c2)c1. The molecule has 17 heavy (non-hydrogen) atoms. The second-order valence-electron chi connectivity index (χ2n) is 5.09. The Hall–Kier alpha value is -2.08. The summed E-state index contributed by atoms with van der Waals surface area (Å²) in [4.78, 5) is 0. The third-order valence-corrected chi connectivity index (χ3v) is 2.69.